The molecule has 0 unspecified atom stereocenters. The second-order valence-corrected chi connectivity index (χ2v) is 8.02. The van der Waals surface area contributed by atoms with Crippen LogP contribution in [0.25, 0.3) is 38.8 Å². The van der Waals surface area contributed by atoms with Crippen molar-refractivity contribution in [2.45, 2.75) is 5.92 Å². The van der Waals surface area contributed by atoms with Gasteiger partial charge in [-0.1, -0.05) is 96.6 Å². The maximum absolute atomic E-state index is 6.63. The molecule has 3 nitrogen and oxygen atoms in total. The summed E-state index contributed by atoms with van der Waals surface area (Å²) in [5, 5.41) is 7.90. The van der Waals surface area contributed by atoms with Crippen LogP contribution in [0.15, 0.2) is 103 Å². The van der Waals surface area contributed by atoms with Gasteiger partial charge in [0, 0.05) is 16.9 Å². The van der Waals surface area contributed by atoms with E-state index in [-0.39, 0.29) is 5.92 Å². The standard InChI is InChI=1S/C27H18ClN3/c28-21-15-7-9-17-23(21)31-27-20-14-6-8-16-22(20)29-25(18-12-4-5-13-18)24(27)26(30-31)19-10-2-1-3-11-19/h1-18H. The number of benzene rings is 3. The molecule has 1 aliphatic carbocycles. The lowest BCUT2D eigenvalue weighted by molar-refractivity contribution is 0.918. The van der Waals surface area contributed by atoms with Crippen molar-refractivity contribution in [1.82, 2.24) is 14.8 Å². The predicted molar refractivity (Wildman–Crippen MR) is 128 cm³/mol. The molecule has 2 aromatic heterocycles. The van der Waals surface area contributed by atoms with Crippen LogP contribution in [0.2, 0.25) is 5.02 Å². The van der Waals surface area contributed by atoms with Gasteiger partial charge in [-0.3, -0.25) is 4.98 Å². The van der Waals surface area contributed by atoms with Crippen LogP contribution in [0.4, 0.5) is 0 Å². The third-order valence-electron chi connectivity index (χ3n) is 5.73. The third kappa shape index (κ3) is 2.89. The second-order valence-electron chi connectivity index (χ2n) is 7.61. The lowest BCUT2D eigenvalue weighted by atomic mass is 9.97. The number of pyridine rings is 1. The van der Waals surface area contributed by atoms with E-state index >= 15 is 0 Å². The second kappa shape index (κ2) is 7.22. The molecule has 0 N–H and O–H groups in total. The lowest BCUT2D eigenvalue weighted by Gasteiger charge is -2.12. The van der Waals surface area contributed by atoms with E-state index in [0.717, 1.165) is 44.4 Å². The molecule has 0 aliphatic heterocycles. The molecule has 2 heterocycles. The number of hydrogen-bond acceptors (Lipinski definition) is 2. The summed E-state index contributed by atoms with van der Waals surface area (Å²) in [5.74, 6) is 0.110. The summed E-state index contributed by atoms with van der Waals surface area (Å²) in [6.45, 7) is 0. The molecule has 148 valence electrons. The van der Waals surface area contributed by atoms with E-state index in [9.17, 15) is 0 Å². The van der Waals surface area contributed by atoms with Crippen molar-refractivity contribution in [2.75, 3.05) is 0 Å². The van der Waals surface area contributed by atoms with Gasteiger partial charge in [0.2, 0.25) is 0 Å². The van der Waals surface area contributed by atoms with Gasteiger partial charge in [-0.05, 0) is 18.2 Å². The van der Waals surface area contributed by atoms with Crippen LogP contribution in [-0.2, 0) is 0 Å². The molecule has 0 radical (unpaired) electrons. The van der Waals surface area contributed by atoms with Gasteiger partial charge < -0.3 is 0 Å². The summed E-state index contributed by atoms with van der Waals surface area (Å²) in [6, 6.07) is 26.4. The molecule has 1 aliphatic rings. The van der Waals surface area contributed by atoms with Crippen LogP contribution in [0, 0.1) is 0 Å². The number of aromatic nitrogens is 3. The highest BCUT2D eigenvalue weighted by Crippen LogP contribution is 2.40. The summed E-state index contributed by atoms with van der Waals surface area (Å²) >= 11 is 6.63. The molecule has 0 amide bonds. The van der Waals surface area contributed by atoms with Crippen LogP contribution < -0.4 is 0 Å². The Labute approximate surface area is 184 Å². The SMILES string of the molecule is Clc1ccccc1-n1nc(-c2ccccc2)c2c(C3C=CC=C3)nc3ccccc3c21. The molecule has 3 aromatic carbocycles. The Bertz CT molecular complexity index is 1480. The molecule has 4 heteroatoms. The van der Waals surface area contributed by atoms with Crippen molar-refractivity contribution in [2.24, 2.45) is 0 Å². The fourth-order valence-corrected chi connectivity index (χ4v) is 4.53. The third-order valence-corrected chi connectivity index (χ3v) is 6.05. The zero-order valence-electron chi connectivity index (χ0n) is 16.6. The Hall–Kier alpha value is -3.69. The molecule has 0 spiro atoms. The maximum Gasteiger partial charge on any atom is 0.102 e. The number of allylic oxidation sites excluding steroid dienone is 4. The van der Waals surface area contributed by atoms with Crippen molar-refractivity contribution >= 4 is 33.4 Å². The summed E-state index contributed by atoms with van der Waals surface area (Å²) in [4.78, 5) is 5.11. The van der Waals surface area contributed by atoms with Crippen LogP contribution in [0.3, 0.4) is 0 Å². The number of hydrogen-bond donors (Lipinski definition) is 0. The fourth-order valence-electron chi connectivity index (χ4n) is 4.32. The number of rotatable bonds is 3. The Morgan fingerprint density at radius 2 is 1.48 bits per heavy atom. The van der Waals surface area contributed by atoms with Gasteiger partial charge >= 0.3 is 0 Å². The van der Waals surface area contributed by atoms with Gasteiger partial charge in [-0.15, -0.1) is 0 Å². The number of fused-ring (bicyclic) bond motifs is 3. The van der Waals surface area contributed by atoms with Crippen molar-refractivity contribution in [3.63, 3.8) is 0 Å². The van der Waals surface area contributed by atoms with Crippen LogP contribution >= 0.6 is 11.6 Å². The van der Waals surface area contributed by atoms with E-state index in [1.54, 1.807) is 0 Å². The molecule has 5 aromatic rings. The van der Waals surface area contributed by atoms with Gasteiger partial charge in [0.15, 0.2) is 0 Å². The summed E-state index contributed by atoms with van der Waals surface area (Å²) in [7, 11) is 0. The first-order chi connectivity index (χ1) is 15.3. The number of halogens is 1. The molecule has 31 heavy (non-hydrogen) atoms. The smallest absolute Gasteiger partial charge is 0.102 e. The Balaban J connectivity index is 1.82. The van der Waals surface area contributed by atoms with Crippen LogP contribution in [-0.4, -0.2) is 14.8 Å². The van der Waals surface area contributed by atoms with Crippen molar-refractivity contribution in [3.05, 3.63) is 114 Å². The number of nitrogens with zero attached hydrogens (tertiary/aromatic N) is 3. The summed E-state index contributed by atoms with van der Waals surface area (Å²) in [5.41, 5.74) is 5.82. The average molecular weight is 420 g/mol. The molecule has 0 fully saturated rings. The zero-order valence-corrected chi connectivity index (χ0v) is 17.4. The highest BCUT2D eigenvalue weighted by Gasteiger charge is 2.24. The van der Waals surface area contributed by atoms with Gasteiger partial charge in [-0.25, -0.2) is 4.68 Å². The Kier molecular flexibility index (Phi) is 4.22. The largest absolute Gasteiger partial charge is 0.251 e. The van der Waals surface area contributed by atoms with E-state index in [4.69, 9.17) is 21.7 Å². The van der Waals surface area contributed by atoms with E-state index in [2.05, 4.69) is 48.6 Å². The quantitative estimate of drug-likeness (QED) is 0.312. The molecule has 6 rings (SSSR count). The normalized spacial score (nSPS) is 13.6. The fraction of sp³-hybridized carbons (Fsp3) is 0.0370. The van der Waals surface area contributed by atoms with E-state index in [1.165, 1.54) is 0 Å². The van der Waals surface area contributed by atoms with E-state index in [0.29, 0.717) is 5.02 Å². The molecule has 0 atom stereocenters. The number of para-hydroxylation sites is 2. The molecular weight excluding hydrogens is 402 g/mol. The van der Waals surface area contributed by atoms with Crippen LogP contribution in [0.1, 0.15) is 11.6 Å². The Morgan fingerprint density at radius 3 is 2.29 bits per heavy atom. The monoisotopic (exact) mass is 419 g/mol. The van der Waals surface area contributed by atoms with Crippen molar-refractivity contribution in [1.29, 1.82) is 0 Å². The summed E-state index contributed by atoms with van der Waals surface area (Å²) < 4.78 is 1.98. The van der Waals surface area contributed by atoms with Crippen LogP contribution in [0.5, 0.6) is 0 Å². The minimum absolute atomic E-state index is 0.110. The van der Waals surface area contributed by atoms with Gasteiger partial charge in [0.1, 0.15) is 5.69 Å². The minimum Gasteiger partial charge on any atom is -0.251 e. The highest BCUT2D eigenvalue weighted by atomic mass is 35.5. The van der Waals surface area contributed by atoms with Crippen molar-refractivity contribution < 1.29 is 0 Å². The molecule has 0 saturated carbocycles. The first-order valence-electron chi connectivity index (χ1n) is 10.3. The average Bonchev–Trinajstić information content (AvgIpc) is 3.48. The highest BCUT2D eigenvalue weighted by molar-refractivity contribution is 6.32. The zero-order chi connectivity index (χ0) is 20.8. The van der Waals surface area contributed by atoms with E-state index < -0.39 is 0 Å². The maximum atomic E-state index is 6.63. The summed E-state index contributed by atoms with van der Waals surface area (Å²) in [6.07, 6.45) is 8.51. The molecule has 0 saturated heterocycles. The van der Waals surface area contributed by atoms with Gasteiger partial charge in [0.05, 0.1) is 32.8 Å². The first-order valence-corrected chi connectivity index (χ1v) is 10.7. The first kappa shape index (κ1) is 18.1. The molecular formula is C27H18ClN3. The topological polar surface area (TPSA) is 30.7 Å². The van der Waals surface area contributed by atoms with Crippen molar-refractivity contribution in [3.8, 4) is 16.9 Å². The lowest BCUT2D eigenvalue weighted by Crippen LogP contribution is -2.00. The van der Waals surface area contributed by atoms with Gasteiger partial charge in [-0.2, -0.15) is 5.10 Å². The molecule has 0 bridgehead atoms. The van der Waals surface area contributed by atoms with E-state index in [1.807, 2.05) is 59.3 Å². The minimum atomic E-state index is 0.110. The van der Waals surface area contributed by atoms with Gasteiger partial charge in [0.25, 0.3) is 0 Å². The Morgan fingerprint density at radius 1 is 0.774 bits per heavy atom. The predicted octanol–water partition coefficient (Wildman–Crippen LogP) is 7.10.